The van der Waals surface area contributed by atoms with E-state index in [1.54, 1.807) is 18.2 Å². The molecule has 27 heavy (non-hydrogen) atoms. The van der Waals surface area contributed by atoms with E-state index in [2.05, 4.69) is 4.72 Å². The Balaban J connectivity index is 2.30. The van der Waals surface area contributed by atoms with Gasteiger partial charge in [0.05, 0.1) is 17.2 Å². The first kappa shape index (κ1) is 21.0. The molecule has 7 nitrogen and oxygen atoms in total. The van der Waals surface area contributed by atoms with Gasteiger partial charge in [-0.15, -0.1) is 0 Å². The van der Waals surface area contributed by atoms with Gasteiger partial charge in [-0.1, -0.05) is 17.7 Å². The minimum absolute atomic E-state index is 0.0469. The molecule has 2 aromatic rings. The van der Waals surface area contributed by atoms with Crippen LogP contribution in [0.3, 0.4) is 0 Å². The molecule has 2 N–H and O–H groups in total. The quantitative estimate of drug-likeness (QED) is 0.580. The molecule has 0 fully saturated rings. The van der Waals surface area contributed by atoms with Crippen LogP contribution >= 0.6 is 11.6 Å². The highest BCUT2D eigenvalue weighted by Crippen LogP contribution is 2.29. The van der Waals surface area contributed by atoms with E-state index >= 15 is 0 Å². The molecule has 146 valence electrons. The van der Waals surface area contributed by atoms with E-state index in [0.29, 0.717) is 22.9 Å². The van der Waals surface area contributed by atoms with Crippen molar-refractivity contribution < 1.29 is 27.8 Å². The molecule has 0 aliphatic carbocycles. The van der Waals surface area contributed by atoms with Crippen molar-refractivity contribution in [1.82, 2.24) is 0 Å². The van der Waals surface area contributed by atoms with E-state index in [0.717, 1.165) is 0 Å². The van der Waals surface area contributed by atoms with Crippen LogP contribution in [0.4, 0.5) is 5.69 Å². The highest BCUT2D eigenvalue weighted by molar-refractivity contribution is 7.92. The first-order valence-electron chi connectivity index (χ1n) is 8.06. The molecule has 2 aromatic carbocycles. The minimum atomic E-state index is -3.87. The number of aliphatic carboxylic acids is 1. The van der Waals surface area contributed by atoms with Crippen molar-refractivity contribution in [3.05, 3.63) is 53.1 Å². The first-order valence-corrected chi connectivity index (χ1v) is 9.93. The maximum absolute atomic E-state index is 12.6. The number of sulfonamides is 1. The zero-order valence-electron chi connectivity index (χ0n) is 14.6. The average molecular weight is 414 g/mol. The average Bonchev–Trinajstić information content (AvgIpc) is 2.61. The monoisotopic (exact) mass is 413 g/mol. The third-order valence-corrected chi connectivity index (χ3v) is 5.22. The number of anilines is 1. The normalized spacial score (nSPS) is 11.2. The fourth-order valence-corrected chi connectivity index (χ4v) is 3.43. The topological polar surface area (TPSA) is 102 Å². The molecule has 0 aliphatic heterocycles. The van der Waals surface area contributed by atoms with E-state index in [-0.39, 0.29) is 30.0 Å². The van der Waals surface area contributed by atoms with Crippen LogP contribution in [0.5, 0.6) is 5.75 Å². The summed E-state index contributed by atoms with van der Waals surface area (Å²) in [6, 6.07) is 10.6. The van der Waals surface area contributed by atoms with E-state index in [9.17, 15) is 13.2 Å². The number of carboxylic acid groups (broad SMARTS) is 1. The number of methoxy groups -OCH3 is 1. The van der Waals surface area contributed by atoms with Crippen LogP contribution in [-0.4, -0.2) is 39.8 Å². The molecule has 2 rings (SSSR count). The Hall–Kier alpha value is -2.29. The first-order chi connectivity index (χ1) is 12.8. The zero-order valence-corrected chi connectivity index (χ0v) is 16.2. The van der Waals surface area contributed by atoms with Gasteiger partial charge in [0.25, 0.3) is 10.0 Å². The van der Waals surface area contributed by atoms with Gasteiger partial charge in [-0.05, 0) is 48.4 Å². The van der Waals surface area contributed by atoms with Crippen molar-refractivity contribution >= 4 is 33.3 Å². The van der Waals surface area contributed by atoms with Gasteiger partial charge in [0.15, 0.2) is 0 Å². The van der Waals surface area contributed by atoms with Gasteiger partial charge in [-0.3, -0.25) is 9.52 Å². The molecule has 0 atom stereocenters. The number of nitrogens with one attached hydrogen (secondary N) is 1. The summed E-state index contributed by atoms with van der Waals surface area (Å²) in [7, 11) is -2.34. The fraction of sp³-hybridized carbons (Fsp3) is 0.278. The summed E-state index contributed by atoms with van der Waals surface area (Å²) >= 11 is 5.80. The van der Waals surface area contributed by atoms with Gasteiger partial charge in [0.1, 0.15) is 12.4 Å². The third-order valence-electron chi connectivity index (χ3n) is 3.58. The van der Waals surface area contributed by atoms with Crippen molar-refractivity contribution in [2.45, 2.75) is 17.7 Å². The van der Waals surface area contributed by atoms with E-state index in [4.69, 9.17) is 26.2 Å². The smallest absolute Gasteiger partial charge is 0.303 e. The van der Waals surface area contributed by atoms with Crippen molar-refractivity contribution in [2.75, 3.05) is 25.0 Å². The van der Waals surface area contributed by atoms with Crippen LogP contribution < -0.4 is 9.46 Å². The van der Waals surface area contributed by atoms with E-state index in [1.807, 2.05) is 0 Å². The minimum Gasteiger partial charge on any atom is -0.489 e. The Morgan fingerprint density at radius 1 is 1.15 bits per heavy atom. The molecule has 0 saturated heterocycles. The highest BCUT2D eigenvalue weighted by Gasteiger charge is 2.17. The van der Waals surface area contributed by atoms with Gasteiger partial charge < -0.3 is 14.6 Å². The molecule has 0 heterocycles. The van der Waals surface area contributed by atoms with Gasteiger partial charge in [0, 0.05) is 18.6 Å². The molecule has 0 saturated carbocycles. The lowest BCUT2D eigenvalue weighted by atomic mass is 10.1. The van der Waals surface area contributed by atoms with Crippen LogP contribution in [0.1, 0.15) is 12.0 Å². The molecule has 0 aromatic heterocycles. The number of ether oxygens (including phenoxy) is 2. The number of rotatable bonds is 10. The summed E-state index contributed by atoms with van der Waals surface area (Å²) in [4.78, 5) is 10.8. The summed E-state index contributed by atoms with van der Waals surface area (Å²) in [6.45, 7) is 0.574. The largest absolute Gasteiger partial charge is 0.489 e. The van der Waals surface area contributed by atoms with Crippen LogP contribution in [0.15, 0.2) is 47.4 Å². The number of benzene rings is 2. The number of halogens is 1. The summed E-state index contributed by atoms with van der Waals surface area (Å²) in [5, 5.41) is 9.26. The number of carbonyl (C=O) groups is 1. The summed E-state index contributed by atoms with van der Waals surface area (Å²) < 4.78 is 38.3. The standard InChI is InChI=1S/C18H20ClNO6S/c1-25-10-11-26-17-8-2-13(3-9-18(21)22)12-16(17)20-27(23,24)15-6-4-14(19)5-7-15/h2,4-8,12,20H,3,9-11H2,1H3,(H,21,22). The number of carboxylic acids is 1. The third kappa shape index (κ3) is 6.42. The molecular formula is C18H20ClNO6S. The van der Waals surface area contributed by atoms with Crippen molar-refractivity contribution in [3.63, 3.8) is 0 Å². The maximum atomic E-state index is 12.6. The van der Waals surface area contributed by atoms with Crippen molar-refractivity contribution in [1.29, 1.82) is 0 Å². The second kappa shape index (κ2) is 9.59. The lowest BCUT2D eigenvalue weighted by Gasteiger charge is -2.15. The molecule has 0 aliphatic rings. The van der Waals surface area contributed by atoms with Crippen LogP contribution in [0.2, 0.25) is 5.02 Å². The maximum Gasteiger partial charge on any atom is 0.303 e. The highest BCUT2D eigenvalue weighted by atomic mass is 35.5. The second-order valence-electron chi connectivity index (χ2n) is 5.62. The van der Waals surface area contributed by atoms with E-state index < -0.39 is 16.0 Å². The SMILES string of the molecule is COCCOc1ccc(CCC(=O)O)cc1NS(=O)(=O)c1ccc(Cl)cc1. The number of aryl methyl sites for hydroxylation is 1. The van der Waals surface area contributed by atoms with Crippen LogP contribution in [0, 0.1) is 0 Å². The number of hydrogen-bond acceptors (Lipinski definition) is 5. The lowest BCUT2D eigenvalue weighted by molar-refractivity contribution is -0.136. The summed E-state index contributed by atoms with van der Waals surface area (Å²) in [6.07, 6.45) is 0.205. The molecule has 0 radical (unpaired) electrons. The van der Waals surface area contributed by atoms with Gasteiger partial charge >= 0.3 is 5.97 Å². The van der Waals surface area contributed by atoms with E-state index in [1.165, 1.54) is 31.4 Å². The Labute approximate surface area is 162 Å². The van der Waals surface area contributed by atoms with Gasteiger partial charge in [-0.25, -0.2) is 8.42 Å². The summed E-state index contributed by atoms with van der Waals surface area (Å²) in [5.41, 5.74) is 0.897. The summed E-state index contributed by atoms with van der Waals surface area (Å²) in [5.74, 6) is -0.609. The Bertz CT molecular complexity index is 883. The molecule has 0 unspecified atom stereocenters. The van der Waals surface area contributed by atoms with Crippen molar-refractivity contribution in [2.24, 2.45) is 0 Å². The second-order valence-corrected chi connectivity index (χ2v) is 7.74. The fourth-order valence-electron chi connectivity index (χ4n) is 2.24. The van der Waals surface area contributed by atoms with Crippen LogP contribution in [0.25, 0.3) is 0 Å². The lowest BCUT2D eigenvalue weighted by Crippen LogP contribution is -2.15. The molecule has 0 amide bonds. The Morgan fingerprint density at radius 2 is 1.85 bits per heavy atom. The predicted molar refractivity (Wildman–Crippen MR) is 102 cm³/mol. The molecule has 0 bridgehead atoms. The van der Waals surface area contributed by atoms with Gasteiger partial charge in [-0.2, -0.15) is 0 Å². The van der Waals surface area contributed by atoms with Gasteiger partial charge in [0.2, 0.25) is 0 Å². The molecule has 0 spiro atoms. The molecular weight excluding hydrogens is 394 g/mol. The number of hydrogen-bond donors (Lipinski definition) is 2. The molecule has 9 heteroatoms. The Kier molecular flexibility index (Phi) is 7.46. The zero-order chi connectivity index (χ0) is 19.9. The van der Waals surface area contributed by atoms with Crippen LogP contribution in [-0.2, 0) is 26.0 Å². The predicted octanol–water partition coefficient (Wildman–Crippen LogP) is 3.18. The Morgan fingerprint density at radius 3 is 2.48 bits per heavy atom. The van der Waals surface area contributed by atoms with Crippen molar-refractivity contribution in [3.8, 4) is 5.75 Å².